The van der Waals surface area contributed by atoms with Crippen LogP contribution in [0.5, 0.6) is 0 Å². The number of hydrogen-bond acceptors (Lipinski definition) is 3. The minimum absolute atomic E-state index is 0.0326. The third-order valence-electron chi connectivity index (χ3n) is 4.24. The lowest BCUT2D eigenvalue weighted by molar-refractivity contribution is -0.286. The van der Waals surface area contributed by atoms with Gasteiger partial charge in [-0.1, -0.05) is 6.42 Å². The topological polar surface area (TPSA) is 15.7 Å². The molecule has 0 aromatic heterocycles. The van der Waals surface area contributed by atoms with Crippen molar-refractivity contribution in [3.05, 3.63) is 0 Å². The van der Waals surface area contributed by atoms with E-state index in [2.05, 4.69) is 30.7 Å². The number of rotatable bonds is 2. The Morgan fingerprint density at radius 3 is 2.19 bits per heavy atom. The summed E-state index contributed by atoms with van der Waals surface area (Å²) in [4.78, 5) is 8.48. The second-order valence-corrected chi connectivity index (χ2v) is 6.96. The SMILES string of the molecule is CC(C)(C)ON1CC(N2CC3(CCC3)C2)C1. The van der Waals surface area contributed by atoms with Gasteiger partial charge in [-0.25, -0.2) is 0 Å². The first-order valence-corrected chi connectivity index (χ1v) is 6.64. The predicted molar refractivity (Wildman–Crippen MR) is 64.1 cm³/mol. The minimum atomic E-state index is -0.0326. The van der Waals surface area contributed by atoms with Crippen LogP contribution in [-0.4, -0.2) is 47.8 Å². The van der Waals surface area contributed by atoms with Crippen LogP contribution in [0.1, 0.15) is 40.0 Å². The molecule has 3 fully saturated rings. The number of nitrogens with zero attached hydrogens (tertiary/aromatic N) is 2. The first kappa shape index (κ1) is 11.0. The summed E-state index contributed by atoms with van der Waals surface area (Å²) < 4.78 is 0. The molecule has 1 saturated carbocycles. The van der Waals surface area contributed by atoms with Gasteiger partial charge in [-0.05, 0) is 39.0 Å². The molecule has 2 saturated heterocycles. The van der Waals surface area contributed by atoms with E-state index in [9.17, 15) is 0 Å². The molecule has 3 rings (SSSR count). The molecule has 16 heavy (non-hydrogen) atoms. The van der Waals surface area contributed by atoms with Gasteiger partial charge in [0.05, 0.1) is 5.60 Å². The fourth-order valence-corrected chi connectivity index (χ4v) is 3.18. The second-order valence-electron chi connectivity index (χ2n) is 6.96. The Morgan fingerprint density at radius 1 is 1.12 bits per heavy atom. The highest BCUT2D eigenvalue weighted by molar-refractivity contribution is 5.04. The molecule has 2 heterocycles. The molecule has 2 aliphatic heterocycles. The fraction of sp³-hybridized carbons (Fsp3) is 1.00. The molecular formula is C13H24N2O. The van der Waals surface area contributed by atoms with Crippen LogP contribution >= 0.6 is 0 Å². The van der Waals surface area contributed by atoms with Gasteiger partial charge in [-0.15, -0.1) is 0 Å². The molecular weight excluding hydrogens is 200 g/mol. The summed E-state index contributed by atoms with van der Waals surface area (Å²) in [6.07, 6.45) is 4.44. The van der Waals surface area contributed by atoms with E-state index in [-0.39, 0.29) is 5.60 Å². The number of hydroxylamine groups is 2. The second kappa shape index (κ2) is 3.44. The normalized spacial score (nSPS) is 30.9. The van der Waals surface area contributed by atoms with Gasteiger partial charge in [-0.3, -0.25) is 9.74 Å². The first-order chi connectivity index (χ1) is 7.46. The maximum Gasteiger partial charge on any atom is 0.0815 e. The Morgan fingerprint density at radius 2 is 1.75 bits per heavy atom. The van der Waals surface area contributed by atoms with Gasteiger partial charge >= 0.3 is 0 Å². The van der Waals surface area contributed by atoms with E-state index in [0.29, 0.717) is 0 Å². The van der Waals surface area contributed by atoms with Crippen molar-refractivity contribution in [3.63, 3.8) is 0 Å². The van der Waals surface area contributed by atoms with E-state index >= 15 is 0 Å². The quantitative estimate of drug-likeness (QED) is 0.712. The number of likely N-dealkylation sites (tertiary alicyclic amines) is 1. The Bertz CT molecular complexity index is 266. The highest BCUT2D eigenvalue weighted by Crippen LogP contribution is 2.49. The molecule has 0 radical (unpaired) electrons. The average molecular weight is 224 g/mol. The third kappa shape index (κ3) is 1.89. The van der Waals surface area contributed by atoms with Crippen LogP contribution in [0.2, 0.25) is 0 Å². The summed E-state index contributed by atoms with van der Waals surface area (Å²) in [5, 5.41) is 2.12. The van der Waals surface area contributed by atoms with Crippen LogP contribution in [-0.2, 0) is 4.84 Å². The van der Waals surface area contributed by atoms with Crippen LogP contribution < -0.4 is 0 Å². The Hall–Kier alpha value is -0.120. The van der Waals surface area contributed by atoms with E-state index in [0.717, 1.165) is 24.5 Å². The highest BCUT2D eigenvalue weighted by Gasteiger charge is 2.51. The number of hydrogen-bond donors (Lipinski definition) is 0. The molecule has 1 spiro atoms. The molecule has 3 aliphatic rings. The lowest BCUT2D eigenvalue weighted by Gasteiger charge is -2.61. The van der Waals surface area contributed by atoms with Crippen molar-refractivity contribution < 1.29 is 4.84 Å². The van der Waals surface area contributed by atoms with Crippen LogP contribution in [0.15, 0.2) is 0 Å². The minimum Gasteiger partial charge on any atom is -0.296 e. The third-order valence-corrected chi connectivity index (χ3v) is 4.24. The molecule has 0 bridgehead atoms. The lowest BCUT2D eigenvalue weighted by atomic mass is 9.63. The van der Waals surface area contributed by atoms with Gasteiger partial charge in [-0.2, -0.15) is 5.06 Å². The fourth-order valence-electron chi connectivity index (χ4n) is 3.18. The van der Waals surface area contributed by atoms with Crippen molar-refractivity contribution in [1.82, 2.24) is 9.96 Å². The molecule has 3 heteroatoms. The van der Waals surface area contributed by atoms with Crippen molar-refractivity contribution in [2.24, 2.45) is 5.41 Å². The standard InChI is InChI=1S/C13H24N2O/c1-12(2,3)16-15-7-11(8-15)14-9-13(10-14)5-4-6-13/h11H,4-10H2,1-3H3. The Labute approximate surface area is 98.7 Å². The summed E-state index contributed by atoms with van der Waals surface area (Å²) in [6.45, 7) is 11.3. The first-order valence-electron chi connectivity index (χ1n) is 6.64. The van der Waals surface area contributed by atoms with E-state index in [1.54, 1.807) is 0 Å². The molecule has 0 amide bonds. The van der Waals surface area contributed by atoms with E-state index in [4.69, 9.17) is 4.84 Å². The van der Waals surface area contributed by atoms with Crippen molar-refractivity contribution >= 4 is 0 Å². The smallest absolute Gasteiger partial charge is 0.0815 e. The van der Waals surface area contributed by atoms with Crippen LogP contribution in [0.3, 0.4) is 0 Å². The molecule has 3 nitrogen and oxygen atoms in total. The van der Waals surface area contributed by atoms with Crippen LogP contribution in [0, 0.1) is 5.41 Å². The van der Waals surface area contributed by atoms with Crippen LogP contribution in [0.25, 0.3) is 0 Å². The highest BCUT2D eigenvalue weighted by atomic mass is 16.7. The summed E-state index contributed by atoms with van der Waals surface area (Å²) in [5.41, 5.74) is 0.737. The molecule has 0 aromatic carbocycles. The average Bonchev–Trinajstić information content (AvgIpc) is 1.90. The van der Waals surface area contributed by atoms with Gasteiger partial charge in [0.1, 0.15) is 0 Å². The maximum atomic E-state index is 5.82. The maximum absolute atomic E-state index is 5.82. The van der Waals surface area contributed by atoms with Crippen molar-refractivity contribution in [3.8, 4) is 0 Å². The lowest BCUT2D eigenvalue weighted by Crippen LogP contribution is -2.70. The van der Waals surface area contributed by atoms with Gasteiger partial charge < -0.3 is 0 Å². The zero-order chi connectivity index (χ0) is 11.4. The van der Waals surface area contributed by atoms with Crippen molar-refractivity contribution in [2.45, 2.75) is 51.7 Å². The largest absolute Gasteiger partial charge is 0.296 e. The summed E-state index contributed by atoms with van der Waals surface area (Å²) in [5.74, 6) is 0. The molecule has 0 N–H and O–H groups in total. The van der Waals surface area contributed by atoms with E-state index in [1.807, 2.05) is 0 Å². The van der Waals surface area contributed by atoms with Gasteiger partial charge in [0, 0.05) is 32.2 Å². The summed E-state index contributed by atoms with van der Waals surface area (Å²) in [7, 11) is 0. The zero-order valence-corrected chi connectivity index (χ0v) is 10.8. The zero-order valence-electron chi connectivity index (χ0n) is 10.8. The molecule has 0 atom stereocenters. The molecule has 0 aromatic rings. The monoisotopic (exact) mass is 224 g/mol. The van der Waals surface area contributed by atoms with E-state index in [1.165, 1.54) is 32.4 Å². The van der Waals surface area contributed by atoms with Gasteiger partial charge in [0.2, 0.25) is 0 Å². The Kier molecular flexibility index (Phi) is 2.36. The van der Waals surface area contributed by atoms with Crippen molar-refractivity contribution in [1.29, 1.82) is 0 Å². The van der Waals surface area contributed by atoms with Crippen LogP contribution in [0.4, 0.5) is 0 Å². The van der Waals surface area contributed by atoms with Gasteiger partial charge in [0.15, 0.2) is 0 Å². The Balaban J connectivity index is 1.39. The molecule has 92 valence electrons. The van der Waals surface area contributed by atoms with Gasteiger partial charge in [0.25, 0.3) is 0 Å². The van der Waals surface area contributed by atoms with Crippen molar-refractivity contribution in [2.75, 3.05) is 26.2 Å². The van der Waals surface area contributed by atoms with E-state index < -0.39 is 0 Å². The molecule has 1 aliphatic carbocycles. The molecule has 0 unspecified atom stereocenters. The summed E-state index contributed by atoms with van der Waals surface area (Å²) in [6, 6.07) is 0.772. The predicted octanol–water partition coefficient (Wildman–Crippen LogP) is 1.89. The summed E-state index contributed by atoms with van der Waals surface area (Å²) >= 11 is 0.